The molecule has 9 nitrogen and oxygen atoms in total. The summed E-state index contributed by atoms with van der Waals surface area (Å²) in [4.78, 5) is 35.9. The van der Waals surface area contributed by atoms with Gasteiger partial charge in [0.25, 0.3) is 0 Å². The molecule has 2 fully saturated rings. The van der Waals surface area contributed by atoms with Gasteiger partial charge >= 0.3 is 11.7 Å². The highest BCUT2D eigenvalue weighted by Gasteiger charge is 2.35. The lowest BCUT2D eigenvalue weighted by atomic mass is 9.98. The Balaban J connectivity index is 1.89. The molecule has 0 aromatic carbocycles. The third kappa shape index (κ3) is 4.28. The lowest BCUT2D eigenvalue weighted by molar-refractivity contribution is -0.383. The van der Waals surface area contributed by atoms with Crippen LogP contribution in [-0.2, 0) is 9.53 Å². The second-order valence-corrected chi connectivity index (χ2v) is 7.36. The van der Waals surface area contributed by atoms with Crippen molar-refractivity contribution in [2.75, 3.05) is 42.6 Å². The van der Waals surface area contributed by atoms with Gasteiger partial charge in [0.05, 0.1) is 17.4 Å². The zero-order chi connectivity index (χ0) is 19.4. The molecule has 0 saturated carbocycles. The molecule has 9 heteroatoms. The molecule has 0 bridgehead atoms. The Labute approximate surface area is 158 Å². The molecule has 2 aliphatic heterocycles. The van der Waals surface area contributed by atoms with E-state index in [1.807, 2.05) is 9.80 Å². The second kappa shape index (κ2) is 8.49. The van der Waals surface area contributed by atoms with Crippen LogP contribution in [0, 0.1) is 22.0 Å². The van der Waals surface area contributed by atoms with Crippen LogP contribution in [0.2, 0.25) is 0 Å². The van der Waals surface area contributed by atoms with Crippen molar-refractivity contribution in [2.24, 2.45) is 11.8 Å². The predicted molar refractivity (Wildman–Crippen MR) is 101 cm³/mol. The Morgan fingerprint density at radius 1 is 1.22 bits per heavy atom. The topological polar surface area (TPSA) is 102 Å². The molecular weight excluding hydrogens is 350 g/mol. The van der Waals surface area contributed by atoms with Crippen molar-refractivity contribution >= 4 is 23.3 Å². The Morgan fingerprint density at radius 2 is 1.85 bits per heavy atom. The average molecular weight is 377 g/mol. The van der Waals surface area contributed by atoms with E-state index in [0.717, 1.165) is 38.8 Å². The van der Waals surface area contributed by atoms with Crippen LogP contribution in [-0.4, -0.2) is 53.6 Å². The molecule has 2 aliphatic rings. The lowest BCUT2D eigenvalue weighted by Crippen LogP contribution is -2.41. The van der Waals surface area contributed by atoms with Gasteiger partial charge in [-0.05, 0) is 38.5 Å². The number of nitrogens with zero attached hydrogens (tertiary/aromatic N) is 5. The van der Waals surface area contributed by atoms with E-state index >= 15 is 0 Å². The number of carbonyl (C=O) groups excluding carboxylic acids is 1. The van der Waals surface area contributed by atoms with Gasteiger partial charge in [-0.25, -0.2) is 9.97 Å². The normalized spacial score (nSPS) is 23.2. The number of carbonyl (C=O) groups is 1. The summed E-state index contributed by atoms with van der Waals surface area (Å²) in [6.07, 6.45) is 5.00. The molecule has 27 heavy (non-hydrogen) atoms. The van der Waals surface area contributed by atoms with Crippen molar-refractivity contribution in [3.8, 4) is 0 Å². The first-order chi connectivity index (χ1) is 13.0. The summed E-state index contributed by atoms with van der Waals surface area (Å²) < 4.78 is 5.13. The van der Waals surface area contributed by atoms with Crippen LogP contribution in [0.1, 0.15) is 39.5 Å². The maximum Gasteiger partial charge on any atom is 0.353 e. The fourth-order valence-corrected chi connectivity index (χ4v) is 3.99. The van der Waals surface area contributed by atoms with Crippen LogP contribution in [0.15, 0.2) is 6.33 Å². The molecule has 0 N–H and O–H groups in total. The van der Waals surface area contributed by atoms with Crippen molar-refractivity contribution < 1.29 is 14.5 Å². The molecule has 148 valence electrons. The fraction of sp³-hybridized carbons (Fsp3) is 0.722. The van der Waals surface area contributed by atoms with E-state index in [2.05, 4.69) is 16.9 Å². The second-order valence-electron chi connectivity index (χ2n) is 7.36. The van der Waals surface area contributed by atoms with Crippen LogP contribution < -0.4 is 9.80 Å². The minimum Gasteiger partial charge on any atom is -0.466 e. The van der Waals surface area contributed by atoms with Crippen molar-refractivity contribution in [3.05, 3.63) is 16.4 Å². The average Bonchev–Trinajstić information content (AvgIpc) is 2.67. The molecule has 2 unspecified atom stereocenters. The summed E-state index contributed by atoms with van der Waals surface area (Å²) >= 11 is 0. The fourth-order valence-electron chi connectivity index (χ4n) is 3.99. The van der Waals surface area contributed by atoms with Gasteiger partial charge in [0.15, 0.2) is 0 Å². The van der Waals surface area contributed by atoms with E-state index < -0.39 is 4.92 Å². The number of hydrogen-bond donors (Lipinski definition) is 0. The molecule has 0 aliphatic carbocycles. The maximum absolute atomic E-state index is 12.1. The smallest absolute Gasteiger partial charge is 0.353 e. The number of ether oxygens (including phenoxy) is 1. The van der Waals surface area contributed by atoms with Crippen molar-refractivity contribution in [3.63, 3.8) is 0 Å². The van der Waals surface area contributed by atoms with E-state index in [1.165, 1.54) is 6.33 Å². The van der Waals surface area contributed by atoms with Crippen LogP contribution in [0.25, 0.3) is 0 Å². The minimum absolute atomic E-state index is 0.0592. The molecule has 2 atom stereocenters. The van der Waals surface area contributed by atoms with Crippen LogP contribution >= 0.6 is 0 Å². The Hall–Kier alpha value is -2.45. The lowest BCUT2D eigenvalue weighted by Gasteiger charge is -2.34. The Bertz CT molecular complexity index is 698. The number of nitro groups is 1. The highest BCUT2D eigenvalue weighted by Crippen LogP contribution is 2.37. The number of hydrogen-bond acceptors (Lipinski definition) is 8. The first kappa shape index (κ1) is 19.3. The largest absolute Gasteiger partial charge is 0.466 e. The van der Waals surface area contributed by atoms with Gasteiger partial charge in [0, 0.05) is 26.2 Å². The van der Waals surface area contributed by atoms with Gasteiger partial charge in [0.2, 0.25) is 11.6 Å². The summed E-state index contributed by atoms with van der Waals surface area (Å²) in [5, 5.41) is 11.9. The van der Waals surface area contributed by atoms with Gasteiger partial charge < -0.3 is 14.5 Å². The molecule has 0 radical (unpaired) electrons. The van der Waals surface area contributed by atoms with Crippen molar-refractivity contribution in [2.45, 2.75) is 39.5 Å². The number of aromatic nitrogens is 2. The van der Waals surface area contributed by atoms with Crippen molar-refractivity contribution in [1.82, 2.24) is 9.97 Å². The van der Waals surface area contributed by atoms with E-state index in [-0.39, 0.29) is 17.6 Å². The summed E-state index contributed by atoms with van der Waals surface area (Å²) in [6.45, 7) is 6.78. The number of piperidine rings is 2. The molecule has 0 amide bonds. The molecule has 3 heterocycles. The highest BCUT2D eigenvalue weighted by atomic mass is 16.6. The van der Waals surface area contributed by atoms with Gasteiger partial charge in [-0.2, -0.15) is 0 Å². The standard InChI is InChI=1S/C18H27N5O4/c1-3-27-18(24)14-7-5-9-22(11-14)17-15(23(25)26)16(19-12-20-17)21-8-4-6-13(2)10-21/h12-14H,3-11H2,1-2H3. The minimum atomic E-state index is -0.391. The molecule has 2 saturated heterocycles. The van der Waals surface area contributed by atoms with Gasteiger partial charge in [0.1, 0.15) is 6.33 Å². The first-order valence-corrected chi connectivity index (χ1v) is 9.67. The molecule has 1 aromatic heterocycles. The molecule has 3 rings (SSSR count). The Kier molecular flexibility index (Phi) is 6.08. The third-order valence-electron chi connectivity index (χ3n) is 5.26. The van der Waals surface area contributed by atoms with E-state index in [4.69, 9.17) is 4.74 Å². The first-order valence-electron chi connectivity index (χ1n) is 9.67. The van der Waals surface area contributed by atoms with E-state index in [9.17, 15) is 14.9 Å². The molecule has 1 aromatic rings. The maximum atomic E-state index is 12.1. The zero-order valence-electron chi connectivity index (χ0n) is 16.0. The number of rotatable bonds is 5. The summed E-state index contributed by atoms with van der Waals surface area (Å²) in [5.74, 6) is 0.628. The van der Waals surface area contributed by atoms with Gasteiger partial charge in [-0.15, -0.1) is 0 Å². The number of anilines is 2. The van der Waals surface area contributed by atoms with E-state index in [0.29, 0.717) is 37.3 Å². The summed E-state index contributed by atoms with van der Waals surface area (Å²) in [5.41, 5.74) is -0.0592. The quantitative estimate of drug-likeness (QED) is 0.438. The van der Waals surface area contributed by atoms with E-state index in [1.54, 1.807) is 6.92 Å². The predicted octanol–water partition coefficient (Wildman–Crippen LogP) is 2.40. The summed E-state index contributed by atoms with van der Waals surface area (Å²) in [6, 6.07) is 0. The third-order valence-corrected chi connectivity index (χ3v) is 5.26. The zero-order valence-corrected chi connectivity index (χ0v) is 16.0. The van der Waals surface area contributed by atoms with Crippen LogP contribution in [0.5, 0.6) is 0 Å². The molecular formula is C18H27N5O4. The van der Waals surface area contributed by atoms with Gasteiger partial charge in [-0.1, -0.05) is 6.92 Å². The molecule has 0 spiro atoms. The SMILES string of the molecule is CCOC(=O)C1CCCN(c2ncnc(N3CCCC(C)C3)c2[N+](=O)[O-])C1. The van der Waals surface area contributed by atoms with Crippen LogP contribution in [0.3, 0.4) is 0 Å². The van der Waals surface area contributed by atoms with Crippen LogP contribution in [0.4, 0.5) is 17.3 Å². The Morgan fingerprint density at radius 3 is 2.44 bits per heavy atom. The monoisotopic (exact) mass is 377 g/mol. The van der Waals surface area contributed by atoms with Gasteiger partial charge in [-0.3, -0.25) is 14.9 Å². The summed E-state index contributed by atoms with van der Waals surface area (Å²) in [7, 11) is 0. The van der Waals surface area contributed by atoms with Crippen molar-refractivity contribution in [1.29, 1.82) is 0 Å². The highest BCUT2D eigenvalue weighted by molar-refractivity contribution is 5.75. The number of esters is 1.